The topological polar surface area (TPSA) is 70.5 Å². The second-order valence-electron chi connectivity index (χ2n) is 4.18. The van der Waals surface area contributed by atoms with Crippen molar-refractivity contribution in [2.45, 2.75) is 0 Å². The van der Waals surface area contributed by atoms with Gasteiger partial charge in [0.1, 0.15) is 11.6 Å². The number of nitrogens with one attached hydrogen (secondary N) is 1. The van der Waals surface area contributed by atoms with E-state index in [9.17, 15) is 14.0 Å². The van der Waals surface area contributed by atoms with Crippen LogP contribution in [-0.4, -0.2) is 22.8 Å². The molecule has 2 aromatic rings. The molecule has 104 valence electrons. The molecule has 1 heterocycles. The van der Waals surface area contributed by atoms with Crippen LogP contribution in [0.25, 0.3) is 0 Å². The fraction of sp³-hybridized carbons (Fsp3) is 0.154. The highest BCUT2D eigenvalue weighted by molar-refractivity contribution is 5.80. The maximum atomic E-state index is 12.7. The van der Waals surface area contributed by atoms with Crippen molar-refractivity contribution in [1.82, 2.24) is 9.55 Å². The molecule has 0 saturated carbocycles. The minimum absolute atomic E-state index is 0.275. The van der Waals surface area contributed by atoms with E-state index in [1.165, 1.54) is 36.5 Å². The van der Waals surface area contributed by atoms with Gasteiger partial charge in [0.15, 0.2) is 0 Å². The number of aromatic amines is 1. The highest BCUT2D eigenvalue weighted by Gasteiger charge is 2.03. The van der Waals surface area contributed by atoms with Crippen molar-refractivity contribution in [2.75, 3.05) is 12.1 Å². The predicted octanol–water partition coefficient (Wildman–Crippen LogP) is 0.683. The maximum Gasteiger partial charge on any atom is 0.329 e. The van der Waals surface area contributed by atoms with Crippen LogP contribution < -0.4 is 16.3 Å². The van der Waals surface area contributed by atoms with Crippen molar-refractivity contribution < 1.29 is 4.39 Å². The van der Waals surface area contributed by atoms with E-state index >= 15 is 0 Å². The van der Waals surface area contributed by atoms with E-state index in [0.717, 1.165) is 4.57 Å². The van der Waals surface area contributed by atoms with Crippen LogP contribution in [0, 0.1) is 5.82 Å². The zero-order valence-corrected chi connectivity index (χ0v) is 11.0. The number of aromatic nitrogens is 2. The van der Waals surface area contributed by atoms with Crippen molar-refractivity contribution in [3.8, 4) is 0 Å². The van der Waals surface area contributed by atoms with Crippen LogP contribution >= 0.6 is 0 Å². The first-order chi connectivity index (χ1) is 9.47. The molecule has 0 unspecified atom stereocenters. The van der Waals surface area contributed by atoms with Crippen LogP contribution in [0.4, 0.5) is 10.2 Å². The standard InChI is InChI=1S/C13H13FN4O2/c1-17-12(19)7-11(16-13(17)20)18(2)15-8-9-3-5-10(14)6-4-9/h3-8H,1-2H3,(H,16,20). The zero-order chi connectivity index (χ0) is 14.7. The molecular weight excluding hydrogens is 263 g/mol. The van der Waals surface area contributed by atoms with Gasteiger partial charge in [-0.05, 0) is 17.7 Å². The van der Waals surface area contributed by atoms with E-state index in [-0.39, 0.29) is 11.6 Å². The molecular formula is C13H13FN4O2. The Hall–Kier alpha value is -2.70. The predicted molar refractivity (Wildman–Crippen MR) is 74.7 cm³/mol. The largest absolute Gasteiger partial charge is 0.329 e. The van der Waals surface area contributed by atoms with Crippen molar-refractivity contribution in [1.29, 1.82) is 0 Å². The number of hydrogen-bond donors (Lipinski definition) is 1. The van der Waals surface area contributed by atoms with Crippen LogP contribution in [-0.2, 0) is 7.05 Å². The van der Waals surface area contributed by atoms with Crippen LogP contribution in [0.2, 0.25) is 0 Å². The monoisotopic (exact) mass is 276 g/mol. The number of hydrazone groups is 1. The van der Waals surface area contributed by atoms with E-state index in [1.54, 1.807) is 19.2 Å². The number of anilines is 1. The van der Waals surface area contributed by atoms with Gasteiger partial charge in [-0.2, -0.15) is 5.10 Å². The number of rotatable bonds is 3. The third kappa shape index (κ3) is 3.00. The molecule has 6 nitrogen and oxygen atoms in total. The van der Waals surface area contributed by atoms with E-state index in [4.69, 9.17) is 0 Å². The van der Waals surface area contributed by atoms with Crippen LogP contribution in [0.5, 0.6) is 0 Å². The summed E-state index contributed by atoms with van der Waals surface area (Å²) in [6.07, 6.45) is 1.50. The minimum atomic E-state index is -0.517. The third-order valence-electron chi connectivity index (χ3n) is 2.73. The van der Waals surface area contributed by atoms with Crippen molar-refractivity contribution >= 4 is 12.0 Å². The van der Waals surface area contributed by atoms with Gasteiger partial charge < -0.3 is 0 Å². The Bertz CT molecular complexity index is 715. The van der Waals surface area contributed by atoms with Gasteiger partial charge in [-0.1, -0.05) is 12.1 Å². The molecule has 0 bridgehead atoms. The van der Waals surface area contributed by atoms with Gasteiger partial charge in [0, 0.05) is 20.2 Å². The normalized spacial score (nSPS) is 10.9. The van der Waals surface area contributed by atoms with Gasteiger partial charge in [-0.15, -0.1) is 0 Å². The SMILES string of the molecule is CN(N=Cc1ccc(F)cc1)c1cc(=O)n(C)c(=O)[nH]1. The molecule has 0 aliphatic carbocycles. The molecule has 1 aromatic carbocycles. The lowest BCUT2D eigenvalue weighted by Gasteiger charge is -2.12. The molecule has 20 heavy (non-hydrogen) atoms. The summed E-state index contributed by atoms with van der Waals surface area (Å²) in [4.78, 5) is 25.5. The van der Waals surface area contributed by atoms with Crippen LogP contribution in [0.3, 0.4) is 0 Å². The van der Waals surface area contributed by atoms with Crippen molar-refractivity contribution in [2.24, 2.45) is 12.1 Å². The fourth-order valence-corrected chi connectivity index (χ4v) is 1.48. The van der Waals surface area contributed by atoms with E-state index in [0.29, 0.717) is 5.56 Å². The molecule has 0 saturated heterocycles. The van der Waals surface area contributed by atoms with Gasteiger partial charge in [-0.25, -0.2) is 9.18 Å². The fourth-order valence-electron chi connectivity index (χ4n) is 1.48. The molecule has 1 aromatic heterocycles. The number of halogens is 1. The Balaban J connectivity index is 2.24. The molecule has 0 fully saturated rings. The Kier molecular flexibility index (Phi) is 3.79. The van der Waals surface area contributed by atoms with Crippen LogP contribution in [0.1, 0.15) is 5.56 Å². The first-order valence-corrected chi connectivity index (χ1v) is 5.81. The molecule has 0 radical (unpaired) electrons. The first kappa shape index (κ1) is 13.7. The molecule has 0 aliphatic heterocycles. The smallest absolute Gasteiger partial charge is 0.292 e. The maximum absolute atomic E-state index is 12.7. The van der Waals surface area contributed by atoms with Gasteiger partial charge in [-0.3, -0.25) is 19.4 Å². The lowest BCUT2D eigenvalue weighted by molar-refractivity contribution is 0.628. The van der Waals surface area contributed by atoms with Crippen molar-refractivity contribution in [3.63, 3.8) is 0 Å². The third-order valence-corrected chi connectivity index (χ3v) is 2.73. The van der Waals surface area contributed by atoms with E-state index in [2.05, 4.69) is 10.1 Å². The second kappa shape index (κ2) is 5.52. The Labute approximate surface area is 113 Å². The molecule has 1 N–H and O–H groups in total. The number of nitrogens with zero attached hydrogens (tertiary/aromatic N) is 3. The number of hydrogen-bond acceptors (Lipinski definition) is 4. The van der Waals surface area contributed by atoms with E-state index in [1.807, 2.05) is 0 Å². The summed E-state index contributed by atoms with van der Waals surface area (Å²) in [6.45, 7) is 0. The summed E-state index contributed by atoms with van der Waals surface area (Å²) < 4.78 is 13.7. The Morgan fingerprint density at radius 3 is 2.55 bits per heavy atom. The zero-order valence-electron chi connectivity index (χ0n) is 11.0. The summed E-state index contributed by atoms with van der Waals surface area (Å²) in [6, 6.07) is 7.05. The highest BCUT2D eigenvalue weighted by atomic mass is 19.1. The summed E-state index contributed by atoms with van der Waals surface area (Å²) in [5.74, 6) is -0.0529. The van der Waals surface area contributed by atoms with Crippen molar-refractivity contribution in [3.05, 3.63) is 62.6 Å². The Morgan fingerprint density at radius 2 is 1.95 bits per heavy atom. The summed E-state index contributed by atoms with van der Waals surface area (Å²) >= 11 is 0. The quantitative estimate of drug-likeness (QED) is 0.662. The average molecular weight is 276 g/mol. The number of H-pyrrole nitrogens is 1. The van der Waals surface area contributed by atoms with E-state index < -0.39 is 11.2 Å². The van der Waals surface area contributed by atoms with Gasteiger partial charge >= 0.3 is 5.69 Å². The highest BCUT2D eigenvalue weighted by Crippen LogP contribution is 2.04. The molecule has 0 atom stereocenters. The van der Waals surface area contributed by atoms with Gasteiger partial charge in [0.2, 0.25) is 0 Å². The van der Waals surface area contributed by atoms with Crippen LogP contribution in [0.15, 0.2) is 45.0 Å². The van der Waals surface area contributed by atoms with Gasteiger partial charge in [0.25, 0.3) is 5.56 Å². The lowest BCUT2D eigenvalue weighted by atomic mass is 10.2. The molecule has 0 aliphatic rings. The second-order valence-corrected chi connectivity index (χ2v) is 4.18. The summed E-state index contributed by atoms with van der Waals surface area (Å²) in [5, 5.41) is 5.43. The number of benzene rings is 1. The van der Waals surface area contributed by atoms with Gasteiger partial charge in [0.05, 0.1) is 6.21 Å². The first-order valence-electron chi connectivity index (χ1n) is 5.81. The Morgan fingerprint density at radius 1 is 1.30 bits per heavy atom. The minimum Gasteiger partial charge on any atom is -0.292 e. The molecule has 0 spiro atoms. The average Bonchev–Trinajstić information content (AvgIpc) is 2.43. The molecule has 0 amide bonds. The molecule has 2 rings (SSSR count). The molecule has 7 heteroatoms. The summed E-state index contributed by atoms with van der Waals surface area (Å²) in [5.41, 5.74) is -0.242. The summed E-state index contributed by atoms with van der Waals surface area (Å²) in [7, 11) is 2.97. The lowest BCUT2D eigenvalue weighted by Crippen LogP contribution is -2.33.